The first-order chi connectivity index (χ1) is 9.65. The van der Waals surface area contributed by atoms with E-state index in [1.54, 1.807) is 13.0 Å². The molecule has 0 aromatic heterocycles. The van der Waals surface area contributed by atoms with E-state index in [1.807, 2.05) is 18.2 Å². The first-order valence-electron chi connectivity index (χ1n) is 6.58. The SMILES string of the molecule is Cc1c(F)cccc1NCc1cc(Cl)cc2c1OCC2. The maximum Gasteiger partial charge on any atom is 0.128 e. The van der Waals surface area contributed by atoms with E-state index in [4.69, 9.17) is 16.3 Å². The van der Waals surface area contributed by atoms with E-state index in [0.29, 0.717) is 23.7 Å². The fraction of sp³-hybridized carbons (Fsp3) is 0.250. The quantitative estimate of drug-likeness (QED) is 0.908. The van der Waals surface area contributed by atoms with Gasteiger partial charge in [0.1, 0.15) is 11.6 Å². The van der Waals surface area contributed by atoms with Crippen molar-refractivity contribution in [2.45, 2.75) is 19.9 Å². The van der Waals surface area contributed by atoms with Crippen LogP contribution in [0.2, 0.25) is 5.02 Å². The molecule has 104 valence electrons. The molecule has 1 heterocycles. The van der Waals surface area contributed by atoms with E-state index in [0.717, 1.165) is 29.0 Å². The average molecular weight is 292 g/mol. The van der Waals surface area contributed by atoms with Gasteiger partial charge in [-0.25, -0.2) is 4.39 Å². The summed E-state index contributed by atoms with van der Waals surface area (Å²) in [6.07, 6.45) is 0.891. The standard InChI is InChI=1S/C16H15ClFNO/c1-10-14(18)3-2-4-15(10)19-9-12-8-13(17)7-11-5-6-20-16(11)12/h2-4,7-8,19H,5-6,9H2,1H3. The van der Waals surface area contributed by atoms with Crippen molar-refractivity contribution in [1.29, 1.82) is 0 Å². The van der Waals surface area contributed by atoms with E-state index in [9.17, 15) is 4.39 Å². The van der Waals surface area contributed by atoms with Gasteiger partial charge in [-0.3, -0.25) is 0 Å². The predicted molar refractivity (Wildman–Crippen MR) is 79.1 cm³/mol. The van der Waals surface area contributed by atoms with Crippen molar-refractivity contribution in [2.24, 2.45) is 0 Å². The Balaban J connectivity index is 1.84. The number of ether oxygens (including phenoxy) is 1. The number of rotatable bonds is 3. The Hall–Kier alpha value is -1.74. The summed E-state index contributed by atoms with van der Waals surface area (Å²) in [6, 6.07) is 8.86. The molecular formula is C16H15ClFNO. The van der Waals surface area contributed by atoms with Gasteiger partial charge >= 0.3 is 0 Å². The smallest absolute Gasteiger partial charge is 0.128 e. The highest BCUT2D eigenvalue weighted by Crippen LogP contribution is 2.33. The lowest BCUT2D eigenvalue weighted by molar-refractivity contribution is 0.354. The van der Waals surface area contributed by atoms with Gasteiger partial charge < -0.3 is 10.1 Å². The predicted octanol–water partition coefficient (Wildman–Crippen LogP) is 4.33. The third kappa shape index (κ3) is 2.46. The highest BCUT2D eigenvalue weighted by atomic mass is 35.5. The van der Waals surface area contributed by atoms with Gasteiger partial charge in [0.15, 0.2) is 0 Å². The van der Waals surface area contributed by atoms with Crippen LogP contribution in [0.5, 0.6) is 5.75 Å². The number of nitrogens with one attached hydrogen (secondary N) is 1. The number of hydrogen-bond acceptors (Lipinski definition) is 2. The molecule has 2 nitrogen and oxygen atoms in total. The fourth-order valence-electron chi connectivity index (χ4n) is 2.47. The second-order valence-corrected chi connectivity index (χ2v) is 5.35. The van der Waals surface area contributed by atoms with Crippen molar-refractivity contribution < 1.29 is 9.13 Å². The topological polar surface area (TPSA) is 21.3 Å². The lowest BCUT2D eigenvalue weighted by Crippen LogP contribution is -2.03. The van der Waals surface area contributed by atoms with Gasteiger partial charge in [-0.1, -0.05) is 17.7 Å². The molecule has 2 aromatic rings. The van der Waals surface area contributed by atoms with Crippen molar-refractivity contribution in [3.8, 4) is 5.75 Å². The summed E-state index contributed by atoms with van der Waals surface area (Å²) < 4.78 is 19.2. The van der Waals surface area contributed by atoms with E-state index in [-0.39, 0.29) is 5.82 Å². The first-order valence-corrected chi connectivity index (χ1v) is 6.96. The zero-order valence-electron chi connectivity index (χ0n) is 11.2. The van der Waals surface area contributed by atoms with Crippen LogP contribution in [0.25, 0.3) is 0 Å². The Morgan fingerprint density at radius 1 is 1.35 bits per heavy atom. The Bertz CT molecular complexity index is 657. The first kappa shape index (κ1) is 13.3. The van der Waals surface area contributed by atoms with Crippen molar-refractivity contribution in [3.05, 3.63) is 57.9 Å². The molecular weight excluding hydrogens is 277 g/mol. The Morgan fingerprint density at radius 3 is 3.05 bits per heavy atom. The van der Waals surface area contributed by atoms with E-state index in [2.05, 4.69) is 5.32 Å². The summed E-state index contributed by atoms with van der Waals surface area (Å²) in [5, 5.41) is 3.96. The summed E-state index contributed by atoms with van der Waals surface area (Å²) >= 11 is 6.12. The van der Waals surface area contributed by atoms with Gasteiger partial charge in [-0.05, 0) is 36.8 Å². The van der Waals surface area contributed by atoms with Gasteiger partial charge in [0.2, 0.25) is 0 Å². The van der Waals surface area contributed by atoms with Crippen molar-refractivity contribution in [2.75, 3.05) is 11.9 Å². The average Bonchev–Trinajstić information content (AvgIpc) is 2.88. The molecule has 0 spiro atoms. The highest BCUT2D eigenvalue weighted by molar-refractivity contribution is 6.30. The molecule has 3 rings (SSSR count). The van der Waals surface area contributed by atoms with Gasteiger partial charge in [-0.2, -0.15) is 0 Å². The van der Waals surface area contributed by atoms with Crippen molar-refractivity contribution >= 4 is 17.3 Å². The fourth-order valence-corrected chi connectivity index (χ4v) is 2.73. The molecule has 0 fully saturated rings. The summed E-state index contributed by atoms with van der Waals surface area (Å²) in [5.74, 6) is 0.707. The molecule has 0 saturated carbocycles. The number of fused-ring (bicyclic) bond motifs is 1. The largest absolute Gasteiger partial charge is 0.493 e. The van der Waals surface area contributed by atoms with Crippen LogP contribution in [0.4, 0.5) is 10.1 Å². The Kier molecular flexibility index (Phi) is 3.53. The molecule has 0 aliphatic carbocycles. The van der Waals surface area contributed by atoms with Crippen molar-refractivity contribution in [1.82, 2.24) is 0 Å². The zero-order chi connectivity index (χ0) is 14.1. The molecule has 2 aromatic carbocycles. The highest BCUT2D eigenvalue weighted by Gasteiger charge is 2.17. The van der Waals surface area contributed by atoms with Gasteiger partial charge in [0.05, 0.1) is 6.61 Å². The Labute approximate surface area is 122 Å². The maximum absolute atomic E-state index is 13.5. The number of benzene rings is 2. The van der Waals surface area contributed by atoms with E-state index >= 15 is 0 Å². The third-order valence-corrected chi connectivity index (χ3v) is 3.78. The summed E-state index contributed by atoms with van der Waals surface area (Å²) in [4.78, 5) is 0. The second kappa shape index (κ2) is 5.33. The van der Waals surface area contributed by atoms with Crippen LogP contribution in [0.15, 0.2) is 30.3 Å². The van der Waals surface area contributed by atoms with Gasteiger partial charge in [0.25, 0.3) is 0 Å². The minimum Gasteiger partial charge on any atom is -0.493 e. The van der Waals surface area contributed by atoms with Gasteiger partial charge in [-0.15, -0.1) is 0 Å². The molecule has 0 saturated heterocycles. The molecule has 0 unspecified atom stereocenters. The molecule has 0 atom stereocenters. The van der Waals surface area contributed by atoms with Crippen LogP contribution < -0.4 is 10.1 Å². The summed E-state index contributed by atoms with van der Waals surface area (Å²) in [7, 11) is 0. The molecule has 0 bridgehead atoms. The normalized spacial score (nSPS) is 12.9. The lowest BCUT2D eigenvalue weighted by Gasteiger charge is -2.13. The number of hydrogen-bond donors (Lipinski definition) is 1. The Morgan fingerprint density at radius 2 is 2.20 bits per heavy atom. The third-order valence-electron chi connectivity index (χ3n) is 3.56. The van der Waals surface area contributed by atoms with Crippen LogP contribution in [0.1, 0.15) is 16.7 Å². The monoisotopic (exact) mass is 291 g/mol. The van der Waals surface area contributed by atoms with Crippen LogP contribution in [0, 0.1) is 12.7 Å². The minimum atomic E-state index is -0.206. The van der Waals surface area contributed by atoms with Gasteiger partial charge in [0, 0.05) is 34.8 Å². The summed E-state index contributed by atoms with van der Waals surface area (Å²) in [6.45, 7) is 3.02. The van der Waals surface area contributed by atoms with Crippen LogP contribution in [-0.4, -0.2) is 6.61 Å². The maximum atomic E-state index is 13.5. The van der Waals surface area contributed by atoms with Crippen molar-refractivity contribution in [3.63, 3.8) is 0 Å². The lowest BCUT2D eigenvalue weighted by atomic mass is 10.1. The number of anilines is 1. The molecule has 4 heteroatoms. The minimum absolute atomic E-state index is 0.206. The number of halogens is 2. The van der Waals surface area contributed by atoms with Crippen LogP contribution >= 0.6 is 11.6 Å². The summed E-state index contributed by atoms with van der Waals surface area (Å²) in [5.41, 5.74) is 3.56. The molecule has 20 heavy (non-hydrogen) atoms. The second-order valence-electron chi connectivity index (χ2n) is 4.92. The zero-order valence-corrected chi connectivity index (χ0v) is 11.9. The molecule has 1 N–H and O–H groups in total. The van der Waals surface area contributed by atoms with Crippen LogP contribution in [-0.2, 0) is 13.0 Å². The van der Waals surface area contributed by atoms with E-state index in [1.165, 1.54) is 6.07 Å². The molecule has 1 aliphatic rings. The molecule has 0 radical (unpaired) electrons. The molecule has 0 amide bonds. The molecule has 1 aliphatic heterocycles. The van der Waals surface area contributed by atoms with E-state index < -0.39 is 0 Å². The van der Waals surface area contributed by atoms with Crippen LogP contribution in [0.3, 0.4) is 0 Å².